The number of carbonyl (C=O) groups excluding carboxylic acids is 1. The van der Waals surface area contributed by atoms with E-state index >= 15 is 0 Å². The molecule has 0 aliphatic carbocycles. The molecular formula is C12H10OS. The van der Waals surface area contributed by atoms with Crippen LogP contribution in [0.5, 0.6) is 0 Å². The lowest BCUT2D eigenvalue weighted by Gasteiger charge is -2.03. The number of hydrogen-bond acceptors (Lipinski definition) is 2. The maximum absolute atomic E-state index is 11.4. The molecule has 0 aliphatic heterocycles. The van der Waals surface area contributed by atoms with Crippen LogP contribution >= 0.6 is 11.3 Å². The molecule has 14 heavy (non-hydrogen) atoms. The van der Waals surface area contributed by atoms with Gasteiger partial charge in [-0.1, -0.05) is 30.3 Å². The van der Waals surface area contributed by atoms with Crippen LogP contribution in [-0.4, -0.2) is 5.78 Å². The molecule has 70 valence electrons. The highest BCUT2D eigenvalue weighted by Gasteiger charge is 2.08. The predicted molar refractivity (Wildman–Crippen MR) is 59.8 cm³/mol. The molecular weight excluding hydrogens is 192 g/mol. The fourth-order valence-corrected chi connectivity index (χ4v) is 2.20. The summed E-state index contributed by atoms with van der Waals surface area (Å²) in [6, 6.07) is 11.7. The third-order valence-corrected chi connectivity index (χ3v) is 3.00. The summed E-state index contributed by atoms with van der Waals surface area (Å²) in [6.07, 6.45) is 0. The first-order valence-electron chi connectivity index (χ1n) is 4.43. The number of ketones is 1. The summed E-state index contributed by atoms with van der Waals surface area (Å²) < 4.78 is 0. The van der Waals surface area contributed by atoms with Gasteiger partial charge in [-0.25, -0.2) is 0 Å². The summed E-state index contributed by atoms with van der Waals surface area (Å²) in [5, 5.41) is 2.02. The molecule has 0 fully saturated rings. The first-order chi connectivity index (χ1) is 6.79. The van der Waals surface area contributed by atoms with Crippen molar-refractivity contribution in [1.29, 1.82) is 0 Å². The third kappa shape index (κ3) is 1.61. The molecule has 0 atom stereocenters. The van der Waals surface area contributed by atoms with Gasteiger partial charge in [0.15, 0.2) is 5.78 Å². The number of carbonyl (C=O) groups is 1. The minimum atomic E-state index is 0.119. The van der Waals surface area contributed by atoms with E-state index in [4.69, 9.17) is 0 Å². The molecule has 0 N–H and O–H groups in total. The summed E-state index contributed by atoms with van der Waals surface area (Å²) in [5.74, 6) is 0.119. The normalized spacial score (nSPS) is 10.1. The molecule has 1 aromatic heterocycles. The van der Waals surface area contributed by atoms with Gasteiger partial charge in [0.2, 0.25) is 0 Å². The number of hydrogen-bond donors (Lipinski definition) is 0. The van der Waals surface area contributed by atoms with E-state index < -0.39 is 0 Å². The molecule has 2 rings (SSSR count). The molecule has 0 unspecified atom stereocenters. The Bertz CT molecular complexity index is 443. The Kier molecular flexibility index (Phi) is 2.46. The number of Topliss-reactive ketones (excluding diaryl/α,β-unsaturated/α-hetero) is 1. The lowest BCUT2D eigenvalue weighted by Crippen LogP contribution is -1.94. The van der Waals surface area contributed by atoms with Crippen molar-refractivity contribution < 1.29 is 4.79 Å². The smallest absolute Gasteiger partial charge is 0.160 e. The monoisotopic (exact) mass is 202 g/mol. The van der Waals surface area contributed by atoms with Crippen LogP contribution in [0.2, 0.25) is 0 Å². The largest absolute Gasteiger partial charge is 0.294 e. The second kappa shape index (κ2) is 3.76. The van der Waals surface area contributed by atoms with Crippen LogP contribution in [-0.2, 0) is 0 Å². The summed E-state index contributed by atoms with van der Waals surface area (Å²) in [7, 11) is 0. The maximum Gasteiger partial charge on any atom is 0.160 e. The summed E-state index contributed by atoms with van der Waals surface area (Å²) in [6.45, 7) is 1.60. The van der Waals surface area contributed by atoms with Gasteiger partial charge in [-0.05, 0) is 18.4 Å². The summed E-state index contributed by atoms with van der Waals surface area (Å²) in [4.78, 5) is 12.5. The van der Waals surface area contributed by atoms with Crippen LogP contribution < -0.4 is 0 Å². The van der Waals surface area contributed by atoms with Crippen molar-refractivity contribution in [3.63, 3.8) is 0 Å². The molecule has 1 aromatic carbocycles. The van der Waals surface area contributed by atoms with Crippen LogP contribution in [0.25, 0.3) is 10.4 Å². The van der Waals surface area contributed by atoms with E-state index in [-0.39, 0.29) is 5.78 Å². The van der Waals surface area contributed by atoms with Crippen molar-refractivity contribution in [2.24, 2.45) is 0 Å². The van der Waals surface area contributed by atoms with Gasteiger partial charge in [0.25, 0.3) is 0 Å². The molecule has 0 spiro atoms. The van der Waals surface area contributed by atoms with E-state index in [2.05, 4.69) is 0 Å². The van der Waals surface area contributed by atoms with Gasteiger partial charge < -0.3 is 0 Å². The maximum atomic E-state index is 11.4. The minimum Gasteiger partial charge on any atom is -0.294 e. The highest BCUT2D eigenvalue weighted by Crippen LogP contribution is 2.27. The average molecular weight is 202 g/mol. The standard InChI is InChI=1S/C12H10OS/c1-9(13)10-5-2-3-6-11(10)12-7-4-8-14-12/h2-8H,1H3. The predicted octanol–water partition coefficient (Wildman–Crippen LogP) is 3.62. The van der Waals surface area contributed by atoms with Gasteiger partial charge in [0.05, 0.1) is 0 Å². The molecule has 0 radical (unpaired) electrons. The van der Waals surface area contributed by atoms with Gasteiger partial charge in [0, 0.05) is 16.0 Å². The van der Waals surface area contributed by atoms with Crippen molar-refractivity contribution in [2.45, 2.75) is 6.92 Å². The SMILES string of the molecule is CC(=O)c1ccccc1-c1cccs1. The molecule has 1 nitrogen and oxygen atoms in total. The Hall–Kier alpha value is -1.41. The Labute approximate surface area is 87.0 Å². The molecule has 0 bridgehead atoms. The Morgan fingerprint density at radius 1 is 1.14 bits per heavy atom. The van der Waals surface area contributed by atoms with Gasteiger partial charge in [-0.2, -0.15) is 0 Å². The van der Waals surface area contributed by atoms with Crippen LogP contribution in [0.3, 0.4) is 0 Å². The number of benzene rings is 1. The summed E-state index contributed by atoms with van der Waals surface area (Å²) in [5.41, 5.74) is 1.84. The Morgan fingerprint density at radius 3 is 2.57 bits per heavy atom. The molecule has 0 saturated carbocycles. The van der Waals surface area contributed by atoms with Crippen molar-refractivity contribution in [3.05, 3.63) is 47.3 Å². The third-order valence-electron chi connectivity index (χ3n) is 2.09. The highest BCUT2D eigenvalue weighted by atomic mass is 32.1. The fraction of sp³-hybridized carbons (Fsp3) is 0.0833. The van der Waals surface area contributed by atoms with Gasteiger partial charge >= 0.3 is 0 Å². The highest BCUT2D eigenvalue weighted by molar-refractivity contribution is 7.13. The van der Waals surface area contributed by atoms with E-state index in [0.717, 1.165) is 16.0 Å². The Balaban J connectivity index is 2.58. The van der Waals surface area contributed by atoms with Crippen LogP contribution in [0.15, 0.2) is 41.8 Å². The molecule has 0 aliphatic rings. The Morgan fingerprint density at radius 2 is 1.93 bits per heavy atom. The first kappa shape index (κ1) is 9.16. The van der Waals surface area contributed by atoms with Crippen LogP contribution in [0.4, 0.5) is 0 Å². The zero-order valence-corrected chi connectivity index (χ0v) is 8.67. The quantitative estimate of drug-likeness (QED) is 0.680. The topological polar surface area (TPSA) is 17.1 Å². The van der Waals surface area contributed by atoms with Crippen LogP contribution in [0.1, 0.15) is 17.3 Å². The molecule has 2 aromatic rings. The lowest BCUT2D eigenvalue weighted by molar-refractivity contribution is 0.101. The molecule has 2 heteroatoms. The van der Waals surface area contributed by atoms with E-state index in [1.54, 1.807) is 18.3 Å². The van der Waals surface area contributed by atoms with Crippen molar-refractivity contribution in [3.8, 4) is 10.4 Å². The second-order valence-electron chi connectivity index (χ2n) is 3.08. The van der Waals surface area contributed by atoms with Crippen molar-refractivity contribution >= 4 is 17.1 Å². The molecule has 0 saturated heterocycles. The van der Waals surface area contributed by atoms with E-state index in [1.165, 1.54) is 0 Å². The zero-order valence-electron chi connectivity index (χ0n) is 7.86. The average Bonchev–Trinajstić information content (AvgIpc) is 2.70. The fourth-order valence-electron chi connectivity index (χ4n) is 1.44. The van der Waals surface area contributed by atoms with Crippen LogP contribution in [0, 0.1) is 0 Å². The summed E-state index contributed by atoms with van der Waals surface area (Å²) >= 11 is 1.66. The first-order valence-corrected chi connectivity index (χ1v) is 5.31. The minimum absolute atomic E-state index is 0.119. The van der Waals surface area contributed by atoms with E-state index in [1.807, 2.05) is 41.8 Å². The van der Waals surface area contributed by atoms with Gasteiger partial charge in [0.1, 0.15) is 0 Å². The zero-order chi connectivity index (χ0) is 9.97. The van der Waals surface area contributed by atoms with Gasteiger partial charge in [-0.15, -0.1) is 11.3 Å². The van der Waals surface area contributed by atoms with E-state index in [0.29, 0.717) is 0 Å². The second-order valence-corrected chi connectivity index (χ2v) is 4.03. The van der Waals surface area contributed by atoms with Crippen molar-refractivity contribution in [1.82, 2.24) is 0 Å². The van der Waals surface area contributed by atoms with E-state index in [9.17, 15) is 4.79 Å². The van der Waals surface area contributed by atoms with Crippen molar-refractivity contribution in [2.75, 3.05) is 0 Å². The number of thiophene rings is 1. The van der Waals surface area contributed by atoms with Gasteiger partial charge in [-0.3, -0.25) is 4.79 Å². The number of rotatable bonds is 2. The lowest BCUT2D eigenvalue weighted by atomic mass is 10.0. The molecule has 1 heterocycles. The molecule has 0 amide bonds.